The van der Waals surface area contributed by atoms with Crippen molar-refractivity contribution in [2.24, 2.45) is 0 Å². The number of Topliss-reactive ketones (excluding diaryl/α,β-unsaturated/α-hetero) is 1. The number of ketones is 1. The summed E-state index contributed by atoms with van der Waals surface area (Å²) in [4.78, 5) is 27.8. The van der Waals surface area contributed by atoms with Crippen LogP contribution in [-0.4, -0.2) is 37.8 Å². The summed E-state index contributed by atoms with van der Waals surface area (Å²) in [7, 11) is 2.71. The predicted octanol–water partition coefficient (Wildman–Crippen LogP) is 4.96. The summed E-state index contributed by atoms with van der Waals surface area (Å²) < 4.78 is 26.9. The standard InChI is InChI=1S/C24H17Cl2NO8/c1-31-22-12(9-13(25)23(32-2)18(22)26)20(28)17-19(15-4-3-7-33-15)27(24(30)21(17)29)11-5-6-14-16(8-11)35-10-34-14/h3-9,19,28H,10H2,1-2H3/b20-17-. The van der Waals surface area contributed by atoms with Gasteiger partial charge in [-0.05, 0) is 30.3 Å². The summed E-state index contributed by atoms with van der Waals surface area (Å²) in [6.45, 7) is 0.0397. The molecule has 0 radical (unpaired) electrons. The largest absolute Gasteiger partial charge is 0.507 e. The Morgan fingerprint density at radius 2 is 1.80 bits per heavy atom. The van der Waals surface area contributed by atoms with E-state index in [0.717, 1.165) is 0 Å². The first-order chi connectivity index (χ1) is 16.9. The number of ether oxygens (including phenoxy) is 4. The molecule has 1 aromatic heterocycles. The molecule has 1 N–H and O–H groups in total. The lowest BCUT2D eigenvalue weighted by Crippen LogP contribution is -2.29. The van der Waals surface area contributed by atoms with Gasteiger partial charge in [-0.2, -0.15) is 0 Å². The number of fused-ring (bicyclic) bond motifs is 1. The Labute approximate surface area is 208 Å². The molecule has 1 saturated heterocycles. The van der Waals surface area contributed by atoms with Crippen molar-refractivity contribution in [2.45, 2.75) is 6.04 Å². The molecular formula is C24H17Cl2NO8. The molecule has 0 spiro atoms. The maximum absolute atomic E-state index is 13.3. The highest BCUT2D eigenvalue weighted by atomic mass is 35.5. The number of furan rings is 1. The van der Waals surface area contributed by atoms with E-state index in [4.69, 9.17) is 46.6 Å². The molecule has 1 atom stereocenters. The van der Waals surface area contributed by atoms with Gasteiger partial charge in [-0.1, -0.05) is 23.2 Å². The van der Waals surface area contributed by atoms with Crippen molar-refractivity contribution in [2.75, 3.05) is 25.9 Å². The number of nitrogens with zero attached hydrogens (tertiary/aromatic N) is 1. The number of rotatable bonds is 5. The fraction of sp³-hybridized carbons (Fsp3) is 0.167. The number of aliphatic hydroxyl groups excluding tert-OH is 1. The lowest BCUT2D eigenvalue weighted by molar-refractivity contribution is -0.132. The minimum atomic E-state index is -1.10. The molecule has 2 aliphatic heterocycles. The Morgan fingerprint density at radius 1 is 1.06 bits per heavy atom. The number of amides is 1. The van der Waals surface area contributed by atoms with Crippen LogP contribution in [0, 0.1) is 0 Å². The lowest BCUT2D eigenvalue weighted by Gasteiger charge is -2.24. The van der Waals surface area contributed by atoms with Crippen LogP contribution in [0.25, 0.3) is 5.76 Å². The summed E-state index contributed by atoms with van der Waals surface area (Å²) in [6, 6.07) is 8.25. The third-order valence-electron chi connectivity index (χ3n) is 5.69. The Hall–Kier alpha value is -3.82. The molecule has 0 saturated carbocycles. The quantitative estimate of drug-likeness (QED) is 0.287. The maximum Gasteiger partial charge on any atom is 0.300 e. The van der Waals surface area contributed by atoms with E-state index in [2.05, 4.69) is 0 Å². The van der Waals surface area contributed by atoms with Gasteiger partial charge in [-0.15, -0.1) is 0 Å². The van der Waals surface area contributed by atoms with Gasteiger partial charge in [0, 0.05) is 11.8 Å². The molecule has 1 fully saturated rings. The van der Waals surface area contributed by atoms with E-state index >= 15 is 0 Å². The first kappa shape index (κ1) is 22.9. The number of carbonyl (C=O) groups excluding carboxylic acids is 2. The number of halogens is 2. The molecule has 9 nitrogen and oxygen atoms in total. The van der Waals surface area contributed by atoms with Crippen LogP contribution >= 0.6 is 23.2 Å². The normalized spacial score (nSPS) is 18.3. The Bertz CT molecular complexity index is 1380. The average Bonchev–Trinajstić information content (AvgIpc) is 3.59. The molecule has 3 aromatic rings. The van der Waals surface area contributed by atoms with Crippen molar-refractivity contribution >= 4 is 46.3 Å². The highest BCUT2D eigenvalue weighted by Gasteiger charge is 2.49. The highest BCUT2D eigenvalue weighted by molar-refractivity contribution is 6.52. The van der Waals surface area contributed by atoms with Crippen LogP contribution in [0.4, 0.5) is 5.69 Å². The van der Waals surface area contributed by atoms with Gasteiger partial charge < -0.3 is 28.5 Å². The molecular weight excluding hydrogens is 501 g/mol. The monoisotopic (exact) mass is 517 g/mol. The van der Waals surface area contributed by atoms with Crippen LogP contribution < -0.4 is 23.8 Å². The van der Waals surface area contributed by atoms with Crippen molar-refractivity contribution in [3.63, 3.8) is 0 Å². The summed E-state index contributed by atoms with van der Waals surface area (Å²) in [5.41, 5.74) is 0.108. The first-order valence-electron chi connectivity index (χ1n) is 10.2. The minimum absolute atomic E-state index is 0.00328. The molecule has 1 amide bonds. The van der Waals surface area contributed by atoms with Gasteiger partial charge in [0.05, 0.1) is 36.6 Å². The predicted molar refractivity (Wildman–Crippen MR) is 126 cm³/mol. The van der Waals surface area contributed by atoms with Crippen LogP contribution in [0.3, 0.4) is 0 Å². The maximum atomic E-state index is 13.3. The number of anilines is 1. The molecule has 2 aromatic carbocycles. The van der Waals surface area contributed by atoms with Crippen LogP contribution in [0.2, 0.25) is 10.0 Å². The van der Waals surface area contributed by atoms with Crippen molar-refractivity contribution in [1.82, 2.24) is 0 Å². The highest BCUT2D eigenvalue weighted by Crippen LogP contribution is 2.49. The van der Waals surface area contributed by atoms with E-state index < -0.39 is 23.5 Å². The summed E-state index contributed by atoms with van der Waals surface area (Å²) in [6.07, 6.45) is 1.40. The summed E-state index contributed by atoms with van der Waals surface area (Å²) in [5, 5.41) is 11.4. The van der Waals surface area contributed by atoms with E-state index in [9.17, 15) is 14.7 Å². The molecule has 11 heteroatoms. The number of hydrogen-bond acceptors (Lipinski definition) is 8. The topological polar surface area (TPSA) is 108 Å². The number of aliphatic hydroxyl groups is 1. The van der Waals surface area contributed by atoms with Crippen molar-refractivity contribution < 1.29 is 38.1 Å². The molecule has 180 valence electrons. The van der Waals surface area contributed by atoms with Gasteiger partial charge in [0.15, 0.2) is 23.0 Å². The first-order valence-corrected chi connectivity index (χ1v) is 11.0. The van der Waals surface area contributed by atoms with E-state index in [0.29, 0.717) is 17.2 Å². The third-order valence-corrected chi connectivity index (χ3v) is 6.31. The Kier molecular flexibility index (Phi) is 5.74. The molecule has 2 aliphatic rings. The average molecular weight is 518 g/mol. The van der Waals surface area contributed by atoms with Crippen LogP contribution in [-0.2, 0) is 9.59 Å². The molecule has 1 unspecified atom stereocenters. The number of hydrogen-bond donors (Lipinski definition) is 1. The van der Waals surface area contributed by atoms with Gasteiger partial charge in [0.1, 0.15) is 22.6 Å². The zero-order valence-corrected chi connectivity index (χ0v) is 19.8. The smallest absolute Gasteiger partial charge is 0.300 e. The van der Waals surface area contributed by atoms with Crippen LogP contribution in [0.15, 0.2) is 52.7 Å². The summed E-state index contributed by atoms with van der Waals surface area (Å²) in [5.74, 6) is -1.05. The number of carbonyl (C=O) groups is 2. The fourth-order valence-corrected chi connectivity index (χ4v) is 4.83. The lowest BCUT2D eigenvalue weighted by atomic mass is 9.98. The second-order valence-electron chi connectivity index (χ2n) is 7.51. The van der Waals surface area contributed by atoms with Gasteiger partial charge in [-0.25, -0.2) is 0 Å². The molecule has 0 aliphatic carbocycles. The minimum Gasteiger partial charge on any atom is -0.507 e. The molecule has 5 rings (SSSR count). The SMILES string of the molecule is COc1c(Cl)cc(/C(O)=C2/C(=O)C(=O)N(c3ccc4c(c3)OCO4)C2c2ccco2)c(OC)c1Cl. The number of benzene rings is 2. The Morgan fingerprint density at radius 3 is 2.49 bits per heavy atom. The summed E-state index contributed by atoms with van der Waals surface area (Å²) >= 11 is 12.7. The van der Waals surface area contributed by atoms with E-state index in [1.54, 1.807) is 30.3 Å². The molecule has 35 heavy (non-hydrogen) atoms. The second kappa shape index (κ2) is 8.75. The molecule has 0 bridgehead atoms. The van der Waals surface area contributed by atoms with E-state index in [1.807, 2.05) is 0 Å². The van der Waals surface area contributed by atoms with E-state index in [1.165, 1.54) is 31.4 Å². The van der Waals surface area contributed by atoms with Crippen LogP contribution in [0.5, 0.6) is 23.0 Å². The van der Waals surface area contributed by atoms with Gasteiger partial charge >= 0.3 is 0 Å². The van der Waals surface area contributed by atoms with Gasteiger partial charge in [0.2, 0.25) is 6.79 Å². The number of methoxy groups -OCH3 is 2. The second-order valence-corrected chi connectivity index (χ2v) is 8.29. The van der Waals surface area contributed by atoms with Crippen LogP contribution in [0.1, 0.15) is 17.4 Å². The zero-order valence-electron chi connectivity index (χ0n) is 18.3. The van der Waals surface area contributed by atoms with E-state index in [-0.39, 0.29) is 45.2 Å². The Balaban J connectivity index is 1.73. The zero-order chi connectivity index (χ0) is 24.9. The fourth-order valence-electron chi connectivity index (χ4n) is 4.14. The van der Waals surface area contributed by atoms with Crippen molar-refractivity contribution in [3.05, 3.63) is 69.6 Å². The molecule has 3 heterocycles. The van der Waals surface area contributed by atoms with Crippen molar-refractivity contribution in [3.8, 4) is 23.0 Å². The van der Waals surface area contributed by atoms with Gasteiger partial charge in [0.25, 0.3) is 11.7 Å². The third kappa shape index (κ3) is 3.55. The van der Waals surface area contributed by atoms with Crippen molar-refractivity contribution in [1.29, 1.82) is 0 Å². The van der Waals surface area contributed by atoms with Gasteiger partial charge in [-0.3, -0.25) is 14.5 Å².